The first kappa shape index (κ1) is 21.1. The minimum absolute atomic E-state index is 0.150. The Labute approximate surface area is 174 Å². The molecule has 2 heterocycles. The fourth-order valence-corrected chi connectivity index (χ4v) is 4.27. The van der Waals surface area contributed by atoms with Crippen molar-refractivity contribution in [2.24, 2.45) is 5.92 Å². The Balaban J connectivity index is 1.87. The van der Waals surface area contributed by atoms with Crippen LogP contribution in [0, 0.1) is 5.92 Å². The van der Waals surface area contributed by atoms with Gasteiger partial charge in [-0.3, -0.25) is 14.2 Å². The standard InChI is InChI=1S/C21H25N3O4S/c1-21(2,3)16-10-17(25)24-11-13(12-29-20(24)22-16)18(26)23(4)15-9-7-6-8-14(15)19(27)28-5/h6-10,13H,11-12H2,1-5H3. The molecule has 29 heavy (non-hydrogen) atoms. The van der Waals surface area contributed by atoms with Crippen LogP contribution in [0.25, 0.3) is 0 Å². The van der Waals surface area contributed by atoms with Gasteiger partial charge in [-0.15, -0.1) is 0 Å². The second-order valence-electron chi connectivity index (χ2n) is 8.04. The average Bonchev–Trinajstić information content (AvgIpc) is 2.71. The van der Waals surface area contributed by atoms with E-state index < -0.39 is 11.9 Å². The molecule has 1 aliphatic heterocycles. The first-order chi connectivity index (χ1) is 13.6. The van der Waals surface area contributed by atoms with Gasteiger partial charge in [0.1, 0.15) is 0 Å². The average molecular weight is 416 g/mol. The summed E-state index contributed by atoms with van der Waals surface area (Å²) in [4.78, 5) is 43.9. The molecule has 0 aliphatic carbocycles. The molecule has 0 fully saturated rings. The number of amides is 1. The minimum atomic E-state index is -0.501. The first-order valence-corrected chi connectivity index (χ1v) is 10.3. The number of hydrogen-bond acceptors (Lipinski definition) is 6. The van der Waals surface area contributed by atoms with Crippen molar-refractivity contribution in [3.63, 3.8) is 0 Å². The van der Waals surface area contributed by atoms with Crippen LogP contribution in [0.5, 0.6) is 0 Å². The summed E-state index contributed by atoms with van der Waals surface area (Å²) in [5.74, 6) is -0.544. The van der Waals surface area contributed by atoms with Crippen molar-refractivity contribution in [2.75, 3.05) is 24.8 Å². The van der Waals surface area contributed by atoms with Crippen LogP contribution in [0.2, 0.25) is 0 Å². The molecular weight excluding hydrogens is 390 g/mol. The summed E-state index contributed by atoms with van der Waals surface area (Å²) in [5, 5.41) is 0.643. The van der Waals surface area contributed by atoms with Crippen LogP contribution in [0.4, 0.5) is 5.69 Å². The highest BCUT2D eigenvalue weighted by molar-refractivity contribution is 7.99. The number of ether oxygens (including phenoxy) is 1. The van der Waals surface area contributed by atoms with Gasteiger partial charge in [0.25, 0.3) is 5.56 Å². The van der Waals surface area contributed by atoms with Crippen LogP contribution in [0.15, 0.2) is 40.3 Å². The van der Waals surface area contributed by atoms with Gasteiger partial charge in [-0.25, -0.2) is 9.78 Å². The zero-order valence-corrected chi connectivity index (χ0v) is 18.1. The van der Waals surface area contributed by atoms with Gasteiger partial charge in [0, 0.05) is 30.8 Å². The largest absolute Gasteiger partial charge is 0.465 e. The molecule has 1 aromatic heterocycles. The van der Waals surface area contributed by atoms with E-state index in [1.54, 1.807) is 41.9 Å². The number of para-hydroxylation sites is 1. The Bertz CT molecular complexity index is 1010. The maximum absolute atomic E-state index is 13.1. The zero-order valence-electron chi connectivity index (χ0n) is 17.3. The number of carbonyl (C=O) groups excluding carboxylic acids is 2. The molecule has 2 aromatic rings. The first-order valence-electron chi connectivity index (χ1n) is 9.33. The number of thioether (sulfide) groups is 1. The number of nitrogens with zero attached hydrogens (tertiary/aromatic N) is 3. The monoisotopic (exact) mass is 415 g/mol. The van der Waals surface area contributed by atoms with Gasteiger partial charge in [-0.05, 0) is 12.1 Å². The van der Waals surface area contributed by atoms with Crippen molar-refractivity contribution in [2.45, 2.75) is 37.9 Å². The van der Waals surface area contributed by atoms with Crippen LogP contribution in [-0.4, -0.2) is 41.3 Å². The van der Waals surface area contributed by atoms with Gasteiger partial charge in [0.15, 0.2) is 5.16 Å². The van der Waals surface area contributed by atoms with Crippen LogP contribution in [-0.2, 0) is 21.5 Å². The number of benzene rings is 1. The lowest BCUT2D eigenvalue weighted by atomic mass is 9.92. The van der Waals surface area contributed by atoms with Crippen molar-refractivity contribution in [1.82, 2.24) is 9.55 Å². The third-order valence-electron chi connectivity index (χ3n) is 4.91. The molecule has 1 aliphatic rings. The number of methoxy groups -OCH3 is 1. The van der Waals surface area contributed by atoms with E-state index in [-0.39, 0.29) is 23.4 Å². The molecule has 0 saturated carbocycles. The Kier molecular flexibility index (Phi) is 5.84. The highest BCUT2D eigenvalue weighted by atomic mass is 32.2. The number of anilines is 1. The van der Waals surface area contributed by atoms with E-state index in [2.05, 4.69) is 4.98 Å². The van der Waals surface area contributed by atoms with E-state index >= 15 is 0 Å². The summed E-state index contributed by atoms with van der Waals surface area (Å²) >= 11 is 1.41. The molecule has 1 aromatic carbocycles. The molecule has 1 amide bonds. The Morgan fingerprint density at radius 1 is 1.28 bits per heavy atom. The maximum Gasteiger partial charge on any atom is 0.339 e. The lowest BCUT2D eigenvalue weighted by Gasteiger charge is -2.29. The van der Waals surface area contributed by atoms with Gasteiger partial charge in [0.2, 0.25) is 5.91 Å². The van der Waals surface area contributed by atoms with Gasteiger partial charge in [0.05, 0.1) is 30.0 Å². The molecule has 7 nitrogen and oxygen atoms in total. The van der Waals surface area contributed by atoms with Gasteiger partial charge in [-0.2, -0.15) is 0 Å². The van der Waals surface area contributed by atoms with Gasteiger partial charge < -0.3 is 9.64 Å². The third-order valence-corrected chi connectivity index (χ3v) is 6.05. The van der Waals surface area contributed by atoms with Gasteiger partial charge >= 0.3 is 5.97 Å². The normalized spacial score (nSPS) is 16.1. The predicted molar refractivity (Wildman–Crippen MR) is 113 cm³/mol. The number of esters is 1. The number of hydrogen-bond donors (Lipinski definition) is 0. The van der Waals surface area contributed by atoms with Crippen molar-refractivity contribution < 1.29 is 14.3 Å². The Hall–Kier alpha value is -2.61. The SMILES string of the molecule is COC(=O)c1ccccc1N(C)C(=O)C1CSc2nc(C(C)(C)C)cc(=O)n2C1. The summed E-state index contributed by atoms with van der Waals surface area (Å²) in [6, 6.07) is 8.36. The van der Waals surface area contributed by atoms with Crippen LogP contribution in [0.1, 0.15) is 36.8 Å². The third kappa shape index (κ3) is 4.22. The van der Waals surface area contributed by atoms with Crippen molar-refractivity contribution in [1.29, 1.82) is 0 Å². The summed E-state index contributed by atoms with van der Waals surface area (Å²) < 4.78 is 6.38. The number of carbonyl (C=O) groups is 2. The van der Waals surface area contributed by atoms with Crippen molar-refractivity contribution in [3.05, 3.63) is 51.9 Å². The van der Waals surface area contributed by atoms with Crippen LogP contribution in [0.3, 0.4) is 0 Å². The summed E-state index contributed by atoms with van der Waals surface area (Å²) in [5.41, 5.74) is 1.18. The van der Waals surface area contributed by atoms with Crippen molar-refractivity contribution >= 4 is 29.3 Å². The molecular formula is C21H25N3O4S. The quantitative estimate of drug-likeness (QED) is 0.566. The molecule has 3 rings (SSSR count). The smallest absolute Gasteiger partial charge is 0.339 e. The molecule has 154 valence electrons. The van der Waals surface area contributed by atoms with E-state index in [4.69, 9.17) is 4.74 Å². The van der Waals surface area contributed by atoms with E-state index in [1.165, 1.54) is 23.8 Å². The molecule has 0 spiro atoms. The second kappa shape index (κ2) is 8.02. The molecule has 0 bridgehead atoms. The van der Waals surface area contributed by atoms with Crippen LogP contribution >= 0.6 is 11.8 Å². The Morgan fingerprint density at radius 2 is 1.97 bits per heavy atom. The molecule has 1 unspecified atom stereocenters. The lowest BCUT2D eigenvalue weighted by molar-refractivity contribution is -0.122. The predicted octanol–water partition coefficient (Wildman–Crippen LogP) is 2.71. The topological polar surface area (TPSA) is 81.5 Å². The molecule has 1 atom stereocenters. The van der Waals surface area contributed by atoms with Crippen molar-refractivity contribution in [3.8, 4) is 0 Å². The Morgan fingerprint density at radius 3 is 2.62 bits per heavy atom. The molecule has 8 heteroatoms. The number of aromatic nitrogens is 2. The van der Waals surface area contributed by atoms with Gasteiger partial charge in [-0.1, -0.05) is 44.7 Å². The van der Waals surface area contributed by atoms with E-state index in [9.17, 15) is 14.4 Å². The molecule has 0 saturated heterocycles. The van der Waals surface area contributed by atoms with E-state index in [0.717, 1.165) is 5.69 Å². The summed E-state index contributed by atoms with van der Waals surface area (Å²) in [6.07, 6.45) is 0. The lowest BCUT2D eigenvalue weighted by Crippen LogP contribution is -2.41. The molecule has 0 N–H and O–H groups in total. The summed E-state index contributed by atoms with van der Waals surface area (Å²) in [7, 11) is 2.94. The minimum Gasteiger partial charge on any atom is -0.465 e. The molecule has 0 radical (unpaired) electrons. The zero-order chi connectivity index (χ0) is 21.3. The second-order valence-corrected chi connectivity index (χ2v) is 9.02. The van der Waals surface area contributed by atoms with E-state index in [1.807, 2.05) is 20.8 Å². The highest BCUT2D eigenvalue weighted by Gasteiger charge is 2.31. The fourth-order valence-electron chi connectivity index (χ4n) is 3.19. The van der Waals surface area contributed by atoms with E-state index in [0.29, 0.717) is 22.2 Å². The van der Waals surface area contributed by atoms with Crippen LogP contribution < -0.4 is 10.5 Å². The maximum atomic E-state index is 13.1. The number of fused-ring (bicyclic) bond motifs is 1. The fraction of sp³-hybridized carbons (Fsp3) is 0.429. The summed E-state index contributed by atoms with van der Waals surface area (Å²) in [6.45, 7) is 6.31. The number of rotatable bonds is 3. The highest BCUT2D eigenvalue weighted by Crippen LogP contribution is 2.30.